The predicted molar refractivity (Wildman–Crippen MR) is 110 cm³/mol. The summed E-state index contributed by atoms with van der Waals surface area (Å²) in [6.45, 7) is 8.71. The minimum atomic E-state index is -0.398. The molecule has 2 aromatic carbocycles. The number of benzene rings is 2. The highest BCUT2D eigenvalue weighted by molar-refractivity contribution is 5.81. The Morgan fingerprint density at radius 2 is 1.52 bits per heavy atom. The van der Waals surface area contributed by atoms with Crippen LogP contribution in [0.1, 0.15) is 31.9 Å². The van der Waals surface area contributed by atoms with E-state index in [4.69, 9.17) is 9.84 Å². The van der Waals surface area contributed by atoms with Gasteiger partial charge in [-0.3, -0.25) is 0 Å². The van der Waals surface area contributed by atoms with E-state index in [2.05, 4.69) is 6.58 Å². The van der Waals surface area contributed by atoms with Gasteiger partial charge in [0.1, 0.15) is 17.1 Å². The van der Waals surface area contributed by atoms with Gasteiger partial charge in [0.25, 0.3) is 0 Å². The first kappa shape index (κ1) is 21.8. The third-order valence-corrected chi connectivity index (χ3v) is 3.03. The van der Waals surface area contributed by atoms with Crippen LogP contribution in [0.4, 0.5) is 0 Å². The lowest BCUT2D eigenvalue weighted by Gasteiger charge is -2.17. The Bertz CT molecular complexity index is 794. The van der Waals surface area contributed by atoms with Crippen molar-refractivity contribution < 1.29 is 19.7 Å². The summed E-state index contributed by atoms with van der Waals surface area (Å²) in [6, 6.07) is 14.1. The Morgan fingerprint density at radius 3 is 2.00 bits per heavy atom. The molecule has 0 atom stereocenters. The van der Waals surface area contributed by atoms with E-state index < -0.39 is 5.60 Å². The number of phenols is 2. The molecule has 2 aromatic rings. The van der Waals surface area contributed by atoms with Gasteiger partial charge in [-0.1, -0.05) is 55.1 Å². The van der Waals surface area contributed by atoms with Crippen molar-refractivity contribution in [3.05, 3.63) is 84.5 Å². The third-order valence-electron chi connectivity index (χ3n) is 3.03. The van der Waals surface area contributed by atoms with E-state index in [1.54, 1.807) is 30.3 Å². The van der Waals surface area contributed by atoms with Gasteiger partial charge in [0, 0.05) is 6.08 Å². The first-order chi connectivity index (χ1) is 12.7. The number of hydrogen-bond acceptors (Lipinski definition) is 4. The number of hydrogen-bond donors (Lipinski definition) is 2. The molecule has 2 N–H and O–H groups in total. The number of aromatic hydroxyl groups is 2. The van der Waals surface area contributed by atoms with Crippen LogP contribution in [0.25, 0.3) is 12.2 Å². The van der Waals surface area contributed by atoms with Crippen LogP contribution in [0, 0.1) is 0 Å². The molecule has 4 nitrogen and oxygen atoms in total. The number of ether oxygens (including phenoxy) is 1. The van der Waals surface area contributed by atoms with E-state index in [0.29, 0.717) is 0 Å². The summed E-state index contributed by atoms with van der Waals surface area (Å²) in [6.07, 6.45) is 8.83. The summed E-state index contributed by atoms with van der Waals surface area (Å²) >= 11 is 0. The largest absolute Gasteiger partial charge is 0.508 e. The van der Waals surface area contributed by atoms with Crippen LogP contribution in [0.2, 0.25) is 0 Å². The quantitative estimate of drug-likeness (QED) is 0.435. The van der Waals surface area contributed by atoms with Crippen molar-refractivity contribution in [3.63, 3.8) is 0 Å². The Hall–Kier alpha value is -3.27. The summed E-state index contributed by atoms with van der Waals surface area (Å²) in [7, 11) is 0. The first-order valence-corrected chi connectivity index (χ1v) is 8.48. The maximum Gasteiger partial charge on any atom is 0.330 e. The highest BCUT2D eigenvalue weighted by atomic mass is 16.6. The van der Waals surface area contributed by atoms with Crippen molar-refractivity contribution in [2.75, 3.05) is 0 Å². The second kappa shape index (κ2) is 10.7. The average molecular weight is 366 g/mol. The zero-order chi connectivity index (χ0) is 20.3. The molecule has 0 spiro atoms. The SMILES string of the molecule is C=CC(=O)OC(C)(C)C.Oc1ccc(C=CC=Cc2cccc(O)c2)cc1. The zero-order valence-corrected chi connectivity index (χ0v) is 15.9. The fourth-order valence-corrected chi connectivity index (χ4v) is 1.89. The van der Waals surface area contributed by atoms with Gasteiger partial charge in [0.15, 0.2) is 0 Å². The molecule has 142 valence electrons. The maximum atomic E-state index is 10.5. The smallest absolute Gasteiger partial charge is 0.330 e. The van der Waals surface area contributed by atoms with Crippen LogP contribution < -0.4 is 0 Å². The van der Waals surface area contributed by atoms with Crippen molar-refractivity contribution >= 4 is 18.1 Å². The molecule has 0 amide bonds. The minimum absolute atomic E-state index is 0.264. The summed E-state index contributed by atoms with van der Waals surface area (Å²) in [5.41, 5.74) is 1.57. The van der Waals surface area contributed by atoms with Gasteiger partial charge in [-0.15, -0.1) is 0 Å². The van der Waals surface area contributed by atoms with E-state index in [0.717, 1.165) is 17.2 Å². The zero-order valence-electron chi connectivity index (χ0n) is 15.9. The topological polar surface area (TPSA) is 66.8 Å². The fourth-order valence-electron chi connectivity index (χ4n) is 1.89. The molecule has 0 saturated heterocycles. The normalized spacial score (nSPS) is 11.1. The molecule has 0 heterocycles. The average Bonchev–Trinajstić information content (AvgIpc) is 2.59. The standard InChI is InChI=1S/C16H14O2.C7H12O2/c17-15-10-8-13(9-11-15)4-1-2-5-14-6-3-7-16(18)12-14;1-5-6(8)9-7(2,3)4/h1-12,17-18H;5H,1H2,2-4H3. The Morgan fingerprint density at radius 1 is 0.926 bits per heavy atom. The number of phenolic OH excluding ortho intramolecular Hbond substituents is 2. The summed E-state index contributed by atoms with van der Waals surface area (Å²) in [5.74, 6) is 0.157. The highest BCUT2D eigenvalue weighted by Crippen LogP contribution is 2.13. The number of esters is 1. The molecule has 0 saturated carbocycles. The van der Waals surface area contributed by atoms with Crippen LogP contribution in [-0.2, 0) is 9.53 Å². The number of rotatable bonds is 4. The van der Waals surface area contributed by atoms with Gasteiger partial charge in [-0.25, -0.2) is 4.79 Å². The molecule has 0 bridgehead atoms. The maximum absolute atomic E-state index is 10.5. The number of allylic oxidation sites excluding steroid dienone is 2. The van der Waals surface area contributed by atoms with E-state index in [-0.39, 0.29) is 17.5 Å². The molecule has 0 unspecified atom stereocenters. The molecule has 0 radical (unpaired) electrons. The summed E-state index contributed by atoms with van der Waals surface area (Å²) in [5, 5.41) is 18.4. The van der Waals surface area contributed by atoms with Crippen molar-refractivity contribution in [1.82, 2.24) is 0 Å². The Labute approximate surface area is 160 Å². The van der Waals surface area contributed by atoms with E-state index in [9.17, 15) is 9.90 Å². The molecular weight excluding hydrogens is 340 g/mol. The molecule has 2 rings (SSSR count). The highest BCUT2D eigenvalue weighted by Gasteiger charge is 2.12. The second-order valence-electron chi connectivity index (χ2n) is 6.64. The lowest BCUT2D eigenvalue weighted by atomic mass is 10.2. The molecular formula is C23H26O4. The predicted octanol–water partition coefficient (Wildman–Crippen LogP) is 5.34. The molecule has 0 aliphatic heterocycles. The Kier molecular flexibility index (Phi) is 8.60. The second-order valence-corrected chi connectivity index (χ2v) is 6.64. The fraction of sp³-hybridized carbons (Fsp3) is 0.174. The van der Waals surface area contributed by atoms with Gasteiger partial charge in [-0.05, 0) is 56.2 Å². The van der Waals surface area contributed by atoms with E-state index >= 15 is 0 Å². The van der Waals surface area contributed by atoms with Gasteiger partial charge < -0.3 is 14.9 Å². The lowest BCUT2D eigenvalue weighted by molar-refractivity contribution is -0.148. The van der Waals surface area contributed by atoms with Gasteiger partial charge in [0.05, 0.1) is 0 Å². The van der Waals surface area contributed by atoms with Crippen molar-refractivity contribution in [2.24, 2.45) is 0 Å². The van der Waals surface area contributed by atoms with Crippen LogP contribution in [0.3, 0.4) is 0 Å². The van der Waals surface area contributed by atoms with Crippen LogP contribution >= 0.6 is 0 Å². The molecule has 0 aliphatic rings. The number of carbonyl (C=O) groups is 1. The van der Waals surface area contributed by atoms with Gasteiger partial charge in [0.2, 0.25) is 0 Å². The monoisotopic (exact) mass is 366 g/mol. The minimum Gasteiger partial charge on any atom is -0.508 e. The molecule has 0 fully saturated rings. The lowest BCUT2D eigenvalue weighted by Crippen LogP contribution is -2.22. The van der Waals surface area contributed by atoms with Crippen LogP contribution in [0.15, 0.2) is 73.3 Å². The van der Waals surface area contributed by atoms with Crippen LogP contribution in [0.5, 0.6) is 11.5 Å². The van der Waals surface area contributed by atoms with E-state index in [1.807, 2.05) is 63.3 Å². The van der Waals surface area contributed by atoms with Crippen LogP contribution in [-0.4, -0.2) is 21.8 Å². The summed E-state index contributed by atoms with van der Waals surface area (Å²) in [4.78, 5) is 10.5. The molecule has 4 heteroatoms. The summed E-state index contributed by atoms with van der Waals surface area (Å²) < 4.78 is 4.83. The van der Waals surface area contributed by atoms with Gasteiger partial charge in [-0.2, -0.15) is 0 Å². The molecule has 27 heavy (non-hydrogen) atoms. The van der Waals surface area contributed by atoms with E-state index in [1.165, 1.54) is 0 Å². The van der Waals surface area contributed by atoms with Crippen molar-refractivity contribution in [1.29, 1.82) is 0 Å². The number of carbonyl (C=O) groups excluding carboxylic acids is 1. The third kappa shape index (κ3) is 10.3. The first-order valence-electron chi connectivity index (χ1n) is 8.48. The molecule has 0 aliphatic carbocycles. The molecule has 0 aromatic heterocycles. The van der Waals surface area contributed by atoms with Gasteiger partial charge >= 0.3 is 5.97 Å². The Balaban J connectivity index is 0.000000345. The van der Waals surface area contributed by atoms with Crippen molar-refractivity contribution in [3.8, 4) is 11.5 Å². The van der Waals surface area contributed by atoms with Crippen molar-refractivity contribution in [2.45, 2.75) is 26.4 Å².